The Labute approximate surface area is 134 Å². The molecule has 22 heavy (non-hydrogen) atoms. The summed E-state index contributed by atoms with van der Waals surface area (Å²) in [6.45, 7) is 7.03. The van der Waals surface area contributed by atoms with E-state index in [0.717, 1.165) is 19.3 Å². The molecule has 1 aliphatic rings. The van der Waals surface area contributed by atoms with Gasteiger partial charge in [-0.25, -0.2) is 0 Å². The highest BCUT2D eigenvalue weighted by atomic mass is 16.6. The Morgan fingerprint density at radius 2 is 2.14 bits per heavy atom. The predicted octanol–water partition coefficient (Wildman–Crippen LogP) is 3.63. The van der Waals surface area contributed by atoms with E-state index in [1.165, 1.54) is 26.2 Å². The van der Waals surface area contributed by atoms with Gasteiger partial charge < -0.3 is 9.47 Å². The molecule has 120 valence electrons. The van der Waals surface area contributed by atoms with Crippen molar-refractivity contribution >= 4 is 5.97 Å². The minimum atomic E-state index is -0.354. The van der Waals surface area contributed by atoms with Gasteiger partial charge in [0.15, 0.2) is 6.10 Å². The van der Waals surface area contributed by atoms with Crippen LogP contribution in [-0.2, 0) is 14.3 Å². The summed E-state index contributed by atoms with van der Waals surface area (Å²) in [5, 5.41) is 0. The third-order valence-corrected chi connectivity index (χ3v) is 3.45. The molecule has 0 N–H and O–H groups in total. The number of rotatable bonds is 9. The van der Waals surface area contributed by atoms with Crippen LogP contribution in [0.4, 0.5) is 0 Å². The lowest BCUT2D eigenvalue weighted by Gasteiger charge is -2.06. The maximum absolute atomic E-state index is 10.8. The molecule has 0 aromatic carbocycles. The van der Waals surface area contributed by atoms with E-state index in [-0.39, 0.29) is 18.2 Å². The van der Waals surface area contributed by atoms with Crippen LogP contribution in [0.1, 0.15) is 58.8 Å². The van der Waals surface area contributed by atoms with Crippen LogP contribution in [0.15, 0.2) is 12.7 Å². The topological polar surface area (TPSA) is 38.8 Å². The van der Waals surface area contributed by atoms with Crippen LogP contribution in [0.2, 0.25) is 0 Å². The van der Waals surface area contributed by atoms with Gasteiger partial charge >= 0.3 is 5.97 Å². The Bertz CT molecular complexity index is 472. The molecule has 3 unspecified atom stereocenters. The van der Waals surface area contributed by atoms with Crippen molar-refractivity contribution in [2.75, 3.05) is 0 Å². The number of ether oxygens (including phenoxy) is 2. The zero-order chi connectivity index (χ0) is 16.2. The Morgan fingerprint density at radius 3 is 2.82 bits per heavy atom. The molecule has 1 heterocycles. The first-order valence-electron chi connectivity index (χ1n) is 8.09. The largest absolute Gasteiger partial charge is 0.449 e. The van der Waals surface area contributed by atoms with Gasteiger partial charge in [0.1, 0.15) is 0 Å². The molecule has 0 bridgehead atoms. The van der Waals surface area contributed by atoms with Crippen LogP contribution in [0.25, 0.3) is 0 Å². The second-order valence-corrected chi connectivity index (χ2v) is 5.42. The lowest BCUT2D eigenvalue weighted by molar-refractivity contribution is -0.143. The number of hydrogen-bond acceptors (Lipinski definition) is 3. The number of epoxide rings is 1. The molecule has 3 nitrogen and oxygen atoms in total. The van der Waals surface area contributed by atoms with E-state index in [2.05, 4.69) is 30.3 Å². The summed E-state index contributed by atoms with van der Waals surface area (Å²) in [6, 6.07) is 0. The molecule has 0 saturated carbocycles. The summed E-state index contributed by atoms with van der Waals surface area (Å²) in [6.07, 6.45) is 9.59. The van der Waals surface area contributed by atoms with Crippen molar-refractivity contribution in [2.24, 2.45) is 0 Å². The van der Waals surface area contributed by atoms with Crippen LogP contribution in [0, 0.1) is 23.7 Å². The highest BCUT2D eigenvalue weighted by Crippen LogP contribution is 2.29. The number of carbonyl (C=O) groups is 1. The smallest absolute Gasteiger partial charge is 0.303 e. The molecular weight excluding hydrogens is 276 g/mol. The van der Waals surface area contributed by atoms with E-state index in [9.17, 15) is 4.79 Å². The van der Waals surface area contributed by atoms with Crippen molar-refractivity contribution in [1.29, 1.82) is 0 Å². The molecule has 0 aliphatic carbocycles. The normalized spacial score (nSPS) is 19.9. The van der Waals surface area contributed by atoms with E-state index in [1.54, 1.807) is 0 Å². The summed E-state index contributed by atoms with van der Waals surface area (Å²) >= 11 is 0. The van der Waals surface area contributed by atoms with Gasteiger partial charge in [-0.3, -0.25) is 4.79 Å². The van der Waals surface area contributed by atoms with Crippen molar-refractivity contribution in [1.82, 2.24) is 0 Å². The maximum Gasteiger partial charge on any atom is 0.303 e. The zero-order valence-corrected chi connectivity index (χ0v) is 13.7. The summed E-state index contributed by atoms with van der Waals surface area (Å²) in [7, 11) is 0. The van der Waals surface area contributed by atoms with Crippen molar-refractivity contribution in [3.63, 3.8) is 0 Å². The van der Waals surface area contributed by atoms with E-state index < -0.39 is 0 Å². The Hall–Kier alpha value is -1.71. The summed E-state index contributed by atoms with van der Waals surface area (Å²) in [5.41, 5.74) is 0. The second-order valence-electron chi connectivity index (χ2n) is 5.42. The fourth-order valence-corrected chi connectivity index (χ4v) is 2.15. The predicted molar refractivity (Wildman–Crippen MR) is 88.0 cm³/mol. The molecule has 3 heteroatoms. The molecule has 0 amide bonds. The lowest BCUT2D eigenvalue weighted by Crippen LogP contribution is -2.12. The quantitative estimate of drug-likeness (QED) is 0.215. The Morgan fingerprint density at radius 1 is 1.32 bits per heavy atom. The first-order valence-corrected chi connectivity index (χ1v) is 8.09. The first kappa shape index (κ1) is 18.3. The van der Waals surface area contributed by atoms with Crippen LogP contribution < -0.4 is 0 Å². The van der Waals surface area contributed by atoms with Crippen LogP contribution in [-0.4, -0.2) is 24.3 Å². The van der Waals surface area contributed by atoms with Crippen molar-refractivity contribution in [2.45, 2.75) is 77.1 Å². The number of esters is 1. The Balaban J connectivity index is 2.13. The van der Waals surface area contributed by atoms with Gasteiger partial charge in [0.05, 0.1) is 12.2 Å². The van der Waals surface area contributed by atoms with Gasteiger partial charge in [-0.05, 0) is 43.4 Å². The van der Waals surface area contributed by atoms with Gasteiger partial charge in [-0.1, -0.05) is 31.8 Å². The van der Waals surface area contributed by atoms with Gasteiger partial charge in [0, 0.05) is 13.3 Å². The van der Waals surface area contributed by atoms with E-state index >= 15 is 0 Å². The van der Waals surface area contributed by atoms with Crippen molar-refractivity contribution < 1.29 is 14.3 Å². The SMILES string of the molecule is C=CCCCCCC1OC1CC#CC#CC(CC)OC(C)=O. The molecule has 1 aliphatic heterocycles. The zero-order valence-electron chi connectivity index (χ0n) is 13.7. The number of hydrogen-bond donors (Lipinski definition) is 0. The molecule has 3 atom stereocenters. The summed E-state index contributed by atoms with van der Waals surface area (Å²) in [4.78, 5) is 10.8. The third kappa shape index (κ3) is 8.55. The number of unbranched alkanes of at least 4 members (excludes halogenated alkanes) is 3. The average Bonchev–Trinajstić information content (AvgIpc) is 3.23. The van der Waals surface area contributed by atoms with Gasteiger partial charge in [-0.2, -0.15) is 0 Å². The first-order chi connectivity index (χ1) is 10.7. The standard InChI is InChI=1S/C19H26O3/c1-4-6-7-8-11-14-18-19(22-18)15-12-9-10-13-17(5-2)21-16(3)20/h4,17-19H,1,5-8,11,14-15H2,2-3H3. The summed E-state index contributed by atoms with van der Waals surface area (Å²) in [5.74, 6) is 11.1. The molecule has 1 saturated heterocycles. The molecule has 0 aromatic heterocycles. The minimum Gasteiger partial charge on any atom is -0.449 e. The Kier molecular flexibility index (Phi) is 9.12. The molecule has 0 spiro atoms. The van der Waals surface area contributed by atoms with Gasteiger partial charge in [0.25, 0.3) is 0 Å². The number of allylic oxidation sites excluding steroid dienone is 1. The van der Waals surface area contributed by atoms with E-state index in [0.29, 0.717) is 12.5 Å². The van der Waals surface area contributed by atoms with E-state index in [1.807, 2.05) is 13.0 Å². The fraction of sp³-hybridized carbons (Fsp3) is 0.632. The highest BCUT2D eigenvalue weighted by Gasteiger charge is 2.36. The molecule has 1 fully saturated rings. The molecule has 1 rings (SSSR count). The van der Waals surface area contributed by atoms with Crippen LogP contribution >= 0.6 is 0 Å². The average molecular weight is 302 g/mol. The molecule has 0 radical (unpaired) electrons. The van der Waals surface area contributed by atoms with Crippen LogP contribution in [0.3, 0.4) is 0 Å². The van der Waals surface area contributed by atoms with Crippen molar-refractivity contribution in [3.05, 3.63) is 12.7 Å². The highest BCUT2D eigenvalue weighted by molar-refractivity contribution is 5.66. The molecular formula is C19H26O3. The maximum atomic E-state index is 10.8. The number of carbonyl (C=O) groups excluding carboxylic acids is 1. The van der Waals surface area contributed by atoms with Crippen molar-refractivity contribution in [3.8, 4) is 23.7 Å². The minimum absolute atomic E-state index is 0.282. The second kappa shape index (κ2) is 10.9. The van der Waals surface area contributed by atoms with E-state index in [4.69, 9.17) is 9.47 Å². The van der Waals surface area contributed by atoms with Crippen LogP contribution in [0.5, 0.6) is 0 Å². The lowest BCUT2D eigenvalue weighted by atomic mass is 10.1. The van der Waals surface area contributed by atoms with Gasteiger partial charge in [0.2, 0.25) is 0 Å². The monoisotopic (exact) mass is 302 g/mol. The molecule has 0 aromatic rings. The fourth-order valence-electron chi connectivity index (χ4n) is 2.15. The van der Waals surface area contributed by atoms with Gasteiger partial charge in [-0.15, -0.1) is 6.58 Å². The third-order valence-electron chi connectivity index (χ3n) is 3.45. The summed E-state index contributed by atoms with van der Waals surface area (Å²) < 4.78 is 10.6.